The fraction of sp³-hybridized carbons (Fsp3) is 0.125. The highest BCUT2D eigenvalue weighted by Crippen LogP contribution is 2.33. The Morgan fingerprint density at radius 2 is 1.69 bits per heavy atom. The first kappa shape index (κ1) is 27.5. The number of carbonyl (C=O) groups is 1. The highest BCUT2D eigenvalue weighted by molar-refractivity contribution is 6.42. The molecule has 0 spiro atoms. The van der Waals surface area contributed by atoms with Gasteiger partial charge in [-0.1, -0.05) is 29.3 Å². The van der Waals surface area contributed by atoms with E-state index in [2.05, 4.69) is 26.8 Å². The van der Waals surface area contributed by atoms with Gasteiger partial charge in [0.05, 0.1) is 21.9 Å². The molecule has 2 aromatic heterocycles. The van der Waals surface area contributed by atoms with Gasteiger partial charge < -0.3 is 15.4 Å². The van der Waals surface area contributed by atoms with Crippen LogP contribution in [0.2, 0.25) is 10.0 Å². The Kier molecular flexibility index (Phi) is 7.90. The van der Waals surface area contributed by atoms with E-state index in [1.54, 1.807) is 54.9 Å². The zero-order valence-corrected chi connectivity index (χ0v) is 23.8. The lowest BCUT2D eigenvalue weighted by Crippen LogP contribution is -2.24. The molecule has 0 fully saturated rings. The fourth-order valence-electron chi connectivity index (χ4n) is 4.80. The molecule has 3 aromatic carbocycles. The maximum atomic E-state index is 13.8. The number of hydrogen-bond acceptors (Lipinski definition) is 6. The van der Waals surface area contributed by atoms with Gasteiger partial charge >= 0.3 is 0 Å². The SMILES string of the molecule is O=C(NCc1ccncc1)c1ccc(Nc2c(Oc3ccc4c(c3)CCC4)cnn(-c3ccc(Cl)c(Cl)c3)c2=O)cc1. The van der Waals surface area contributed by atoms with E-state index in [1.807, 2.05) is 24.3 Å². The molecule has 1 aliphatic rings. The first-order chi connectivity index (χ1) is 20.4. The number of aromatic nitrogens is 3. The van der Waals surface area contributed by atoms with Gasteiger partial charge in [0.15, 0.2) is 11.4 Å². The normalized spacial score (nSPS) is 12.0. The number of aryl methyl sites for hydroxylation is 2. The molecule has 210 valence electrons. The summed E-state index contributed by atoms with van der Waals surface area (Å²) in [6.07, 6.45) is 8.02. The third-order valence-corrected chi connectivity index (χ3v) is 7.75. The molecular formula is C32H25Cl2N5O3. The van der Waals surface area contributed by atoms with Crippen LogP contribution >= 0.6 is 23.2 Å². The number of hydrogen-bond donors (Lipinski definition) is 2. The van der Waals surface area contributed by atoms with E-state index >= 15 is 0 Å². The number of nitrogens with zero attached hydrogens (tertiary/aromatic N) is 3. The van der Waals surface area contributed by atoms with Crippen molar-refractivity contribution < 1.29 is 9.53 Å². The Labute approximate surface area is 251 Å². The maximum Gasteiger partial charge on any atom is 0.299 e. The molecule has 0 saturated heterocycles. The van der Waals surface area contributed by atoms with Gasteiger partial charge in [-0.05, 0) is 103 Å². The molecule has 0 aliphatic heterocycles. The average molecular weight is 598 g/mol. The van der Waals surface area contributed by atoms with Gasteiger partial charge in [-0.2, -0.15) is 9.78 Å². The zero-order valence-electron chi connectivity index (χ0n) is 22.3. The average Bonchev–Trinajstić information content (AvgIpc) is 3.48. The lowest BCUT2D eigenvalue weighted by atomic mass is 10.1. The van der Waals surface area contributed by atoms with Crippen LogP contribution in [-0.2, 0) is 19.4 Å². The molecule has 0 saturated carbocycles. The summed E-state index contributed by atoms with van der Waals surface area (Å²) >= 11 is 12.3. The highest BCUT2D eigenvalue weighted by atomic mass is 35.5. The molecule has 0 bridgehead atoms. The molecule has 5 aromatic rings. The molecule has 2 N–H and O–H groups in total. The minimum Gasteiger partial charge on any atom is -0.453 e. The minimum atomic E-state index is -0.453. The quantitative estimate of drug-likeness (QED) is 0.202. The van der Waals surface area contributed by atoms with E-state index in [1.165, 1.54) is 22.0 Å². The van der Waals surface area contributed by atoms with E-state index in [-0.39, 0.29) is 17.3 Å². The summed E-state index contributed by atoms with van der Waals surface area (Å²) in [7, 11) is 0. The van der Waals surface area contributed by atoms with Crippen LogP contribution in [0, 0.1) is 0 Å². The van der Waals surface area contributed by atoms with Crippen molar-refractivity contribution in [3.8, 4) is 17.2 Å². The molecule has 8 nitrogen and oxygen atoms in total. The minimum absolute atomic E-state index is 0.173. The molecular weight excluding hydrogens is 573 g/mol. The monoisotopic (exact) mass is 597 g/mol. The van der Waals surface area contributed by atoms with E-state index in [0.717, 1.165) is 24.8 Å². The summed E-state index contributed by atoms with van der Waals surface area (Å²) in [5.74, 6) is 0.659. The van der Waals surface area contributed by atoms with Crippen molar-refractivity contribution in [3.05, 3.63) is 134 Å². The number of amides is 1. The van der Waals surface area contributed by atoms with Crippen LogP contribution in [0.5, 0.6) is 11.5 Å². The largest absolute Gasteiger partial charge is 0.453 e. The van der Waals surface area contributed by atoms with Crippen LogP contribution < -0.4 is 20.9 Å². The molecule has 10 heteroatoms. The molecule has 1 aliphatic carbocycles. The standard InChI is InChI=1S/C32H25Cl2N5O3/c33-27-11-9-25(17-28(27)34)39-32(41)30(29(19-37-39)42-26-10-6-21-2-1-3-23(21)16-26)38-24-7-4-22(5-8-24)31(40)36-18-20-12-14-35-15-13-20/h4-17,19,38H,1-3,18H2,(H,36,40). The lowest BCUT2D eigenvalue weighted by molar-refractivity contribution is 0.0951. The second-order valence-corrected chi connectivity index (χ2v) is 10.6. The first-order valence-electron chi connectivity index (χ1n) is 13.4. The summed E-state index contributed by atoms with van der Waals surface area (Å²) in [4.78, 5) is 30.4. The molecule has 6 rings (SSSR count). The third-order valence-electron chi connectivity index (χ3n) is 7.01. The molecule has 0 atom stereocenters. The van der Waals surface area contributed by atoms with Crippen molar-refractivity contribution in [2.45, 2.75) is 25.8 Å². The Morgan fingerprint density at radius 1 is 0.905 bits per heavy atom. The van der Waals surface area contributed by atoms with Gasteiger partial charge in [-0.3, -0.25) is 14.6 Å². The Morgan fingerprint density at radius 3 is 2.48 bits per heavy atom. The van der Waals surface area contributed by atoms with Crippen molar-refractivity contribution in [1.82, 2.24) is 20.1 Å². The molecule has 2 heterocycles. The molecule has 0 unspecified atom stereocenters. The van der Waals surface area contributed by atoms with Gasteiger partial charge in [-0.25, -0.2) is 0 Å². The van der Waals surface area contributed by atoms with Crippen LogP contribution in [0.3, 0.4) is 0 Å². The summed E-state index contributed by atoms with van der Waals surface area (Å²) in [6.45, 7) is 0.385. The lowest BCUT2D eigenvalue weighted by Gasteiger charge is -2.15. The van der Waals surface area contributed by atoms with Gasteiger partial charge in [0.2, 0.25) is 0 Å². The molecule has 0 radical (unpaired) electrons. The van der Waals surface area contributed by atoms with Crippen LogP contribution in [0.4, 0.5) is 11.4 Å². The summed E-state index contributed by atoms with van der Waals surface area (Å²) in [5.41, 5.74) is 4.75. The predicted octanol–water partition coefficient (Wildman–Crippen LogP) is 6.89. The van der Waals surface area contributed by atoms with Gasteiger partial charge in [0.25, 0.3) is 11.5 Å². The number of benzene rings is 3. The van der Waals surface area contributed by atoms with E-state index in [0.29, 0.717) is 39.3 Å². The highest BCUT2D eigenvalue weighted by Gasteiger charge is 2.18. The van der Waals surface area contributed by atoms with E-state index in [4.69, 9.17) is 27.9 Å². The van der Waals surface area contributed by atoms with Crippen molar-refractivity contribution in [2.24, 2.45) is 0 Å². The Bertz CT molecular complexity index is 1830. The van der Waals surface area contributed by atoms with Crippen LogP contribution in [0.25, 0.3) is 5.69 Å². The summed E-state index contributed by atoms with van der Waals surface area (Å²) in [6, 6.07) is 21.3. The number of carbonyl (C=O) groups excluding carboxylic acids is 1. The number of anilines is 2. The summed E-state index contributed by atoms with van der Waals surface area (Å²) < 4.78 is 7.43. The fourth-order valence-corrected chi connectivity index (χ4v) is 5.10. The topological polar surface area (TPSA) is 98.1 Å². The molecule has 1 amide bonds. The third kappa shape index (κ3) is 6.00. The second-order valence-electron chi connectivity index (χ2n) is 9.83. The smallest absolute Gasteiger partial charge is 0.299 e. The number of fused-ring (bicyclic) bond motifs is 1. The van der Waals surface area contributed by atoms with E-state index in [9.17, 15) is 9.59 Å². The van der Waals surface area contributed by atoms with Gasteiger partial charge in [-0.15, -0.1) is 0 Å². The first-order valence-corrected chi connectivity index (χ1v) is 14.1. The Balaban J connectivity index is 1.29. The van der Waals surface area contributed by atoms with Crippen molar-refractivity contribution in [2.75, 3.05) is 5.32 Å². The predicted molar refractivity (Wildman–Crippen MR) is 164 cm³/mol. The number of pyridine rings is 1. The van der Waals surface area contributed by atoms with Crippen molar-refractivity contribution >= 4 is 40.5 Å². The van der Waals surface area contributed by atoms with Crippen molar-refractivity contribution in [3.63, 3.8) is 0 Å². The number of nitrogens with one attached hydrogen (secondary N) is 2. The van der Waals surface area contributed by atoms with Gasteiger partial charge in [0.1, 0.15) is 5.75 Å². The number of rotatable bonds is 8. The van der Waals surface area contributed by atoms with Gasteiger partial charge in [0, 0.05) is 30.2 Å². The zero-order chi connectivity index (χ0) is 29.1. The number of ether oxygens (including phenoxy) is 1. The molecule has 42 heavy (non-hydrogen) atoms. The van der Waals surface area contributed by atoms with Crippen LogP contribution in [-0.4, -0.2) is 20.7 Å². The maximum absolute atomic E-state index is 13.8. The Hall–Kier alpha value is -4.66. The number of halogens is 2. The van der Waals surface area contributed by atoms with Crippen LogP contribution in [0.15, 0.2) is 96.2 Å². The van der Waals surface area contributed by atoms with E-state index < -0.39 is 5.56 Å². The van der Waals surface area contributed by atoms with Crippen molar-refractivity contribution in [1.29, 1.82) is 0 Å². The second kappa shape index (κ2) is 12.1. The summed E-state index contributed by atoms with van der Waals surface area (Å²) in [5, 5.41) is 11.1. The van der Waals surface area contributed by atoms with Crippen LogP contribution in [0.1, 0.15) is 33.5 Å².